The van der Waals surface area contributed by atoms with Crippen LogP contribution in [0.25, 0.3) is 0 Å². The smallest absolute Gasteiger partial charge is 0.149 e. The van der Waals surface area contributed by atoms with Crippen molar-refractivity contribution in [3.8, 4) is 0 Å². The van der Waals surface area contributed by atoms with Gasteiger partial charge in [-0.05, 0) is 25.8 Å². The molecule has 0 bridgehead atoms. The second-order valence-corrected chi connectivity index (χ2v) is 3.93. The van der Waals surface area contributed by atoms with E-state index in [-0.39, 0.29) is 6.04 Å². The van der Waals surface area contributed by atoms with Gasteiger partial charge in [0.1, 0.15) is 5.78 Å². The molecule has 0 aliphatic carbocycles. The summed E-state index contributed by atoms with van der Waals surface area (Å²) in [5.74, 6) is 0.438. The van der Waals surface area contributed by atoms with E-state index in [9.17, 15) is 4.79 Å². The zero-order valence-electron chi connectivity index (χ0n) is 8.64. The van der Waals surface area contributed by atoms with E-state index in [2.05, 4.69) is 12.2 Å². The molecule has 0 spiro atoms. The van der Waals surface area contributed by atoms with E-state index in [0.29, 0.717) is 5.78 Å². The Labute approximate surface area is 81.1 Å². The van der Waals surface area contributed by atoms with Gasteiger partial charge < -0.3 is 5.32 Å². The molecule has 1 N–H and O–H groups in total. The third-order valence-electron chi connectivity index (χ3n) is 2.73. The minimum atomic E-state index is 0.186. The van der Waals surface area contributed by atoms with Crippen LogP contribution in [0.1, 0.15) is 51.9 Å². The first-order valence-electron chi connectivity index (χ1n) is 5.60. The summed E-state index contributed by atoms with van der Waals surface area (Å²) in [7, 11) is 0. The van der Waals surface area contributed by atoms with Crippen molar-refractivity contribution in [2.75, 3.05) is 6.54 Å². The van der Waals surface area contributed by atoms with Crippen LogP contribution in [-0.2, 0) is 4.79 Å². The van der Waals surface area contributed by atoms with Gasteiger partial charge in [-0.2, -0.15) is 0 Å². The molecule has 0 radical (unpaired) electrons. The molecular formula is C11H21NO. The number of unbranched alkanes of at least 4 members (excludes halogenated alkanes) is 2. The molecule has 1 unspecified atom stereocenters. The van der Waals surface area contributed by atoms with Crippen LogP contribution in [0.4, 0.5) is 0 Å². The fraction of sp³-hybridized carbons (Fsp3) is 0.909. The van der Waals surface area contributed by atoms with Crippen LogP contribution in [-0.4, -0.2) is 18.4 Å². The molecule has 0 aromatic carbocycles. The molecule has 0 aromatic heterocycles. The Morgan fingerprint density at radius 1 is 1.38 bits per heavy atom. The third kappa shape index (κ3) is 3.90. The Morgan fingerprint density at radius 2 is 2.23 bits per heavy atom. The summed E-state index contributed by atoms with van der Waals surface area (Å²) in [5, 5.41) is 3.30. The van der Waals surface area contributed by atoms with Crippen molar-refractivity contribution in [2.45, 2.75) is 57.9 Å². The molecule has 0 amide bonds. The molecule has 1 atom stereocenters. The van der Waals surface area contributed by atoms with Gasteiger partial charge in [0.2, 0.25) is 0 Å². The van der Waals surface area contributed by atoms with Gasteiger partial charge in [-0.1, -0.05) is 26.2 Å². The Morgan fingerprint density at radius 3 is 2.85 bits per heavy atom. The molecule has 1 heterocycles. The maximum atomic E-state index is 11.6. The van der Waals surface area contributed by atoms with Crippen molar-refractivity contribution in [3.05, 3.63) is 0 Å². The standard InChI is InChI=1S/C11H21NO/c1-2-3-4-8-11(13)10-7-5-6-9-12-10/h10,12H,2-9H2,1H3. The number of Topliss-reactive ketones (excluding diaryl/α,β-unsaturated/α-hetero) is 1. The maximum absolute atomic E-state index is 11.6. The van der Waals surface area contributed by atoms with Crippen LogP contribution >= 0.6 is 0 Å². The number of rotatable bonds is 5. The van der Waals surface area contributed by atoms with E-state index in [4.69, 9.17) is 0 Å². The highest BCUT2D eigenvalue weighted by atomic mass is 16.1. The lowest BCUT2D eigenvalue weighted by atomic mass is 9.98. The molecule has 13 heavy (non-hydrogen) atoms. The van der Waals surface area contributed by atoms with E-state index in [1.165, 1.54) is 25.7 Å². The number of nitrogens with one attached hydrogen (secondary N) is 1. The van der Waals surface area contributed by atoms with Gasteiger partial charge in [0.25, 0.3) is 0 Å². The lowest BCUT2D eigenvalue weighted by Crippen LogP contribution is -2.40. The van der Waals surface area contributed by atoms with Gasteiger partial charge in [0.05, 0.1) is 6.04 Å². The molecule has 2 heteroatoms. The van der Waals surface area contributed by atoms with E-state index in [0.717, 1.165) is 25.8 Å². The van der Waals surface area contributed by atoms with E-state index >= 15 is 0 Å². The zero-order chi connectivity index (χ0) is 9.52. The molecule has 1 saturated heterocycles. The highest BCUT2D eigenvalue weighted by Crippen LogP contribution is 2.11. The lowest BCUT2D eigenvalue weighted by Gasteiger charge is -2.22. The van der Waals surface area contributed by atoms with Gasteiger partial charge in [-0.3, -0.25) is 4.79 Å². The molecule has 1 rings (SSSR count). The Bertz CT molecular complexity index is 150. The first kappa shape index (κ1) is 10.7. The van der Waals surface area contributed by atoms with Crippen molar-refractivity contribution in [2.24, 2.45) is 0 Å². The van der Waals surface area contributed by atoms with Gasteiger partial charge >= 0.3 is 0 Å². The Kier molecular flexibility index (Phi) is 5.06. The second-order valence-electron chi connectivity index (χ2n) is 3.93. The fourth-order valence-corrected chi connectivity index (χ4v) is 1.85. The van der Waals surface area contributed by atoms with Crippen molar-refractivity contribution in [3.63, 3.8) is 0 Å². The van der Waals surface area contributed by atoms with E-state index < -0.39 is 0 Å². The first-order valence-corrected chi connectivity index (χ1v) is 5.60. The normalized spacial score (nSPS) is 23.0. The average Bonchev–Trinajstić information content (AvgIpc) is 2.19. The molecule has 76 valence electrons. The largest absolute Gasteiger partial charge is 0.307 e. The zero-order valence-corrected chi connectivity index (χ0v) is 8.64. The molecule has 0 saturated carbocycles. The van der Waals surface area contributed by atoms with Crippen molar-refractivity contribution >= 4 is 5.78 Å². The minimum Gasteiger partial charge on any atom is -0.307 e. The minimum absolute atomic E-state index is 0.186. The number of carbonyl (C=O) groups is 1. The summed E-state index contributed by atoms with van der Waals surface area (Å²) in [6, 6.07) is 0.186. The molecule has 0 aromatic rings. The lowest BCUT2D eigenvalue weighted by molar-refractivity contribution is -0.121. The maximum Gasteiger partial charge on any atom is 0.149 e. The summed E-state index contributed by atoms with van der Waals surface area (Å²) in [6.07, 6.45) is 7.77. The fourth-order valence-electron chi connectivity index (χ4n) is 1.85. The number of hydrogen-bond acceptors (Lipinski definition) is 2. The number of carbonyl (C=O) groups excluding carboxylic acids is 1. The monoisotopic (exact) mass is 183 g/mol. The quantitative estimate of drug-likeness (QED) is 0.662. The summed E-state index contributed by atoms with van der Waals surface area (Å²) in [6.45, 7) is 3.20. The summed E-state index contributed by atoms with van der Waals surface area (Å²) < 4.78 is 0. The highest BCUT2D eigenvalue weighted by Gasteiger charge is 2.19. The van der Waals surface area contributed by atoms with Crippen molar-refractivity contribution < 1.29 is 4.79 Å². The van der Waals surface area contributed by atoms with Crippen molar-refractivity contribution in [1.82, 2.24) is 5.32 Å². The predicted octanol–water partition coefficient (Wildman–Crippen LogP) is 2.28. The predicted molar refractivity (Wildman–Crippen MR) is 54.8 cm³/mol. The van der Waals surface area contributed by atoms with Crippen LogP contribution < -0.4 is 5.32 Å². The number of ketones is 1. The second kappa shape index (κ2) is 6.14. The summed E-state index contributed by atoms with van der Waals surface area (Å²) in [4.78, 5) is 11.6. The third-order valence-corrected chi connectivity index (χ3v) is 2.73. The molecule has 2 nitrogen and oxygen atoms in total. The van der Waals surface area contributed by atoms with Crippen LogP contribution in [0.3, 0.4) is 0 Å². The molecule has 1 fully saturated rings. The van der Waals surface area contributed by atoms with Gasteiger partial charge in [0, 0.05) is 6.42 Å². The van der Waals surface area contributed by atoms with E-state index in [1.807, 2.05) is 0 Å². The van der Waals surface area contributed by atoms with Gasteiger partial charge in [-0.15, -0.1) is 0 Å². The highest BCUT2D eigenvalue weighted by molar-refractivity contribution is 5.84. The summed E-state index contributed by atoms with van der Waals surface area (Å²) in [5.41, 5.74) is 0. The topological polar surface area (TPSA) is 29.1 Å². The first-order chi connectivity index (χ1) is 6.34. The van der Waals surface area contributed by atoms with Crippen LogP contribution in [0.5, 0.6) is 0 Å². The van der Waals surface area contributed by atoms with E-state index in [1.54, 1.807) is 0 Å². The molecule has 1 aliphatic heterocycles. The Balaban J connectivity index is 2.13. The van der Waals surface area contributed by atoms with Gasteiger partial charge in [0.15, 0.2) is 0 Å². The van der Waals surface area contributed by atoms with Gasteiger partial charge in [-0.25, -0.2) is 0 Å². The van der Waals surface area contributed by atoms with Crippen molar-refractivity contribution in [1.29, 1.82) is 0 Å². The number of hydrogen-bond donors (Lipinski definition) is 1. The van der Waals surface area contributed by atoms with Crippen LogP contribution in [0.15, 0.2) is 0 Å². The Hall–Kier alpha value is -0.370. The van der Waals surface area contributed by atoms with Crippen LogP contribution in [0, 0.1) is 0 Å². The average molecular weight is 183 g/mol. The summed E-state index contributed by atoms with van der Waals surface area (Å²) >= 11 is 0. The SMILES string of the molecule is CCCCCC(=O)C1CCCCN1. The van der Waals surface area contributed by atoms with Crippen LogP contribution in [0.2, 0.25) is 0 Å². The molecule has 1 aliphatic rings. The molecular weight excluding hydrogens is 162 g/mol. The number of piperidine rings is 1.